The molecule has 1 aromatic heterocycles. The molecule has 0 amide bonds. The summed E-state index contributed by atoms with van der Waals surface area (Å²) >= 11 is 15.5. The molecule has 3 aromatic rings. The molecule has 21 heavy (non-hydrogen) atoms. The number of benzene rings is 2. The van der Waals surface area contributed by atoms with Crippen LogP contribution >= 0.6 is 39.1 Å². The van der Waals surface area contributed by atoms with E-state index < -0.39 is 5.82 Å². The second-order valence-electron chi connectivity index (χ2n) is 4.51. The molecule has 0 aliphatic heterocycles. The lowest BCUT2D eigenvalue weighted by Crippen LogP contribution is -2.05. The molecule has 0 saturated heterocycles. The van der Waals surface area contributed by atoms with Crippen molar-refractivity contribution in [3.05, 3.63) is 57.5 Å². The van der Waals surface area contributed by atoms with Crippen molar-refractivity contribution in [3.8, 4) is 5.69 Å². The first-order valence-electron chi connectivity index (χ1n) is 6.29. The second-order valence-corrected chi connectivity index (χ2v) is 6.21. The highest BCUT2D eigenvalue weighted by atomic mass is 79.9. The van der Waals surface area contributed by atoms with Crippen molar-refractivity contribution in [2.24, 2.45) is 0 Å². The Kier molecular flexibility index (Phi) is 4.20. The van der Waals surface area contributed by atoms with Crippen molar-refractivity contribution in [3.63, 3.8) is 0 Å². The van der Waals surface area contributed by atoms with Crippen LogP contribution < -0.4 is 0 Å². The van der Waals surface area contributed by atoms with Crippen LogP contribution in [0.5, 0.6) is 0 Å². The average molecular weight is 388 g/mol. The fourth-order valence-electron chi connectivity index (χ4n) is 2.30. The van der Waals surface area contributed by atoms with Gasteiger partial charge in [-0.1, -0.05) is 33.6 Å². The number of aryl methyl sites for hydroxylation is 1. The zero-order valence-electron chi connectivity index (χ0n) is 10.8. The number of alkyl halides is 1. The highest BCUT2D eigenvalue weighted by molar-refractivity contribution is 9.10. The third-order valence-electron chi connectivity index (χ3n) is 3.17. The molecule has 2 aromatic carbocycles. The molecule has 2 nitrogen and oxygen atoms in total. The third-order valence-corrected chi connectivity index (χ3v) is 4.15. The topological polar surface area (TPSA) is 17.8 Å². The maximum absolute atomic E-state index is 14.3. The quantitative estimate of drug-likeness (QED) is 0.553. The molecule has 6 heteroatoms. The van der Waals surface area contributed by atoms with E-state index in [-0.39, 0.29) is 0 Å². The smallest absolute Gasteiger partial charge is 0.148 e. The van der Waals surface area contributed by atoms with Crippen LogP contribution in [0.3, 0.4) is 0 Å². The Morgan fingerprint density at radius 1 is 1.24 bits per heavy atom. The average Bonchev–Trinajstić information content (AvgIpc) is 2.77. The lowest BCUT2D eigenvalue weighted by atomic mass is 10.2. The van der Waals surface area contributed by atoms with E-state index in [2.05, 4.69) is 20.9 Å². The van der Waals surface area contributed by atoms with Crippen molar-refractivity contribution < 1.29 is 4.39 Å². The highest BCUT2D eigenvalue weighted by Gasteiger charge is 2.17. The van der Waals surface area contributed by atoms with Crippen LogP contribution in [-0.4, -0.2) is 15.4 Å². The molecule has 0 N–H and O–H groups in total. The van der Waals surface area contributed by atoms with Gasteiger partial charge >= 0.3 is 0 Å². The summed E-state index contributed by atoms with van der Waals surface area (Å²) in [5, 5.41) is 0.338. The van der Waals surface area contributed by atoms with Gasteiger partial charge in [0.25, 0.3) is 0 Å². The highest BCUT2D eigenvalue weighted by Crippen LogP contribution is 2.30. The molecule has 1 heterocycles. The van der Waals surface area contributed by atoms with E-state index >= 15 is 0 Å². The van der Waals surface area contributed by atoms with Gasteiger partial charge in [0.2, 0.25) is 0 Å². The molecule has 0 atom stereocenters. The zero-order chi connectivity index (χ0) is 15.0. The summed E-state index contributed by atoms with van der Waals surface area (Å²) in [6.07, 6.45) is 0.526. The van der Waals surface area contributed by atoms with Crippen molar-refractivity contribution in [2.45, 2.75) is 6.42 Å². The van der Waals surface area contributed by atoms with Gasteiger partial charge in [0, 0.05) is 16.8 Å². The molecule has 0 saturated carbocycles. The number of halogens is 4. The lowest BCUT2D eigenvalue weighted by Gasteiger charge is -2.11. The Morgan fingerprint density at radius 3 is 2.76 bits per heavy atom. The molecule has 108 valence electrons. The van der Waals surface area contributed by atoms with E-state index in [0.717, 1.165) is 15.5 Å². The van der Waals surface area contributed by atoms with Crippen LogP contribution in [0.1, 0.15) is 5.82 Å². The van der Waals surface area contributed by atoms with E-state index in [9.17, 15) is 4.39 Å². The first-order valence-corrected chi connectivity index (χ1v) is 7.99. The van der Waals surface area contributed by atoms with Crippen LogP contribution in [0.2, 0.25) is 5.02 Å². The van der Waals surface area contributed by atoms with Crippen molar-refractivity contribution in [1.29, 1.82) is 0 Å². The number of para-hydroxylation sites is 1. The minimum absolute atomic E-state index is 0.305. The minimum Gasteiger partial charge on any atom is -0.292 e. The fourth-order valence-corrected chi connectivity index (χ4v) is 3.07. The number of aromatic nitrogens is 2. The Bertz CT molecular complexity index is 797. The SMILES string of the molecule is Fc1cccc(Cl)c1-n1c(CCCl)nc2ccc(Br)cc21. The molecule has 0 aliphatic carbocycles. The van der Waals surface area contributed by atoms with Crippen molar-refractivity contribution in [1.82, 2.24) is 9.55 Å². The van der Waals surface area contributed by atoms with E-state index in [1.54, 1.807) is 16.7 Å². The first-order chi connectivity index (χ1) is 10.1. The molecule has 0 unspecified atom stereocenters. The summed E-state index contributed by atoms with van der Waals surface area (Å²) in [4.78, 5) is 4.53. The van der Waals surface area contributed by atoms with E-state index in [4.69, 9.17) is 23.2 Å². The molecule has 0 bridgehead atoms. The number of fused-ring (bicyclic) bond motifs is 1. The zero-order valence-corrected chi connectivity index (χ0v) is 13.9. The summed E-state index contributed by atoms with van der Waals surface area (Å²) in [6.45, 7) is 0. The summed E-state index contributed by atoms with van der Waals surface area (Å²) in [7, 11) is 0. The molecule has 0 radical (unpaired) electrons. The molecule has 3 rings (SSSR count). The maximum Gasteiger partial charge on any atom is 0.148 e. The first kappa shape index (κ1) is 14.8. The fraction of sp³-hybridized carbons (Fsp3) is 0.133. The second kappa shape index (κ2) is 5.95. The number of imidazole rings is 1. The number of nitrogens with zero attached hydrogens (tertiary/aromatic N) is 2. The number of rotatable bonds is 3. The molecular formula is C15H10BrCl2FN2. The van der Waals surface area contributed by atoms with Gasteiger partial charge in [0.05, 0.1) is 16.1 Å². The van der Waals surface area contributed by atoms with E-state index in [1.165, 1.54) is 6.07 Å². The van der Waals surface area contributed by atoms with Gasteiger partial charge in [-0.3, -0.25) is 4.57 Å². The number of hydrogen-bond acceptors (Lipinski definition) is 1. The predicted molar refractivity (Wildman–Crippen MR) is 88.2 cm³/mol. The Hall–Kier alpha value is -1.10. The monoisotopic (exact) mass is 386 g/mol. The minimum atomic E-state index is -0.391. The summed E-state index contributed by atoms with van der Waals surface area (Å²) < 4.78 is 16.9. The lowest BCUT2D eigenvalue weighted by molar-refractivity contribution is 0.617. The van der Waals surface area contributed by atoms with Gasteiger partial charge in [0.15, 0.2) is 0 Å². The maximum atomic E-state index is 14.3. The van der Waals surface area contributed by atoms with Gasteiger partial charge in [0.1, 0.15) is 17.3 Å². The van der Waals surface area contributed by atoms with Crippen molar-refractivity contribution >= 4 is 50.2 Å². The summed E-state index contributed by atoms with van der Waals surface area (Å²) in [5.74, 6) is 0.694. The van der Waals surface area contributed by atoms with Gasteiger partial charge < -0.3 is 0 Å². The van der Waals surface area contributed by atoms with E-state index in [0.29, 0.717) is 28.8 Å². The predicted octanol–water partition coefficient (Wildman–Crippen LogP) is 5.36. The van der Waals surface area contributed by atoms with Gasteiger partial charge in [-0.15, -0.1) is 11.6 Å². The van der Waals surface area contributed by atoms with Gasteiger partial charge in [-0.05, 0) is 30.3 Å². The normalized spacial score (nSPS) is 11.2. The summed E-state index contributed by atoms with van der Waals surface area (Å²) in [5.41, 5.74) is 1.87. The third kappa shape index (κ3) is 2.68. The van der Waals surface area contributed by atoms with Crippen LogP contribution in [0.4, 0.5) is 4.39 Å². The Balaban J connectivity index is 2.38. The molecular weight excluding hydrogens is 378 g/mol. The van der Waals surface area contributed by atoms with Crippen LogP contribution in [0, 0.1) is 5.82 Å². The van der Waals surface area contributed by atoms with E-state index in [1.807, 2.05) is 18.2 Å². The van der Waals surface area contributed by atoms with Gasteiger partial charge in [-0.25, -0.2) is 9.37 Å². The Morgan fingerprint density at radius 2 is 2.05 bits per heavy atom. The van der Waals surface area contributed by atoms with Gasteiger partial charge in [-0.2, -0.15) is 0 Å². The standard InChI is InChI=1S/C15H10BrCl2FN2/c16-9-4-5-12-13(8-9)21(14(20-12)6-7-17)15-10(18)2-1-3-11(15)19/h1-5,8H,6-7H2. The summed E-state index contributed by atoms with van der Waals surface area (Å²) in [6, 6.07) is 10.3. The largest absolute Gasteiger partial charge is 0.292 e. The number of hydrogen-bond donors (Lipinski definition) is 0. The molecule has 0 spiro atoms. The van der Waals surface area contributed by atoms with Crippen molar-refractivity contribution in [2.75, 3.05) is 5.88 Å². The van der Waals surface area contributed by atoms with Crippen LogP contribution in [0.15, 0.2) is 40.9 Å². The Labute approximate surface area is 139 Å². The molecule has 0 aliphatic rings. The molecule has 0 fully saturated rings. The van der Waals surface area contributed by atoms with Crippen LogP contribution in [-0.2, 0) is 6.42 Å². The van der Waals surface area contributed by atoms with Crippen LogP contribution in [0.25, 0.3) is 16.7 Å².